The van der Waals surface area contributed by atoms with Crippen molar-refractivity contribution in [3.63, 3.8) is 0 Å². The molecule has 1 aliphatic rings. The molecular weight excluding hydrogens is 284 g/mol. The molecule has 1 aromatic rings. The number of β-amino-alcohol motifs (C(OH)–C–C–N with tert-alkyl or cyclic N) is 1. The molecule has 2 rings (SSSR count). The molecule has 6 heteroatoms. The third-order valence-electron chi connectivity index (χ3n) is 2.71. The Morgan fingerprint density at radius 2 is 2.21 bits per heavy atom. The fraction of sp³-hybridized carbons (Fsp3) is 0.231. The van der Waals surface area contributed by atoms with Crippen molar-refractivity contribution in [2.45, 2.75) is 6.10 Å². The molecule has 1 amide bonds. The summed E-state index contributed by atoms with van der Waals surface area (Å²) in [4.78, 5) is 13.1. The van der Waals surface area contributed by atoms with Gasteiger partial charge < -0.3 is 10.0 Å². The minimum Gasteiger partial charge on any atom is -0.387 e. The van der Waals surface area contributed by atoms with Crippen LogP contribution in [0, 0.1) is 11.3 Å². The minimum atomic E-state index is -0.804. The number of carbonyl (C=O) groups excluding carboxylic acids is 1. The molecule has 0 unspecified atom stereocenters. The lowest BCUT2D eigenvalue weighted by Crippen LogP contribution is -2.29. The summed E-state index contributed by atoms with van der Waals surface area (Å²) in [6.07, 6.45) is 0.520. The number of benzene rings is 1. The van der Waals surface area contributed by atoms with Gasteiger partial charge in [0.05, 0.1) is 29.5 Å². The fourth-order valence-corrected chi connectivity index (χ4v) is 2.77. The second-order valence-electron chi connectivity index (χ2n) is 3.97. The average Bonchev–Trinajstić information content (AvgIpc) is 2.73. The molecule has 0 radical (unpaired) electrons. The first-order valence-corrected chi connectivity index (χ1v) is 6.94. The molecule has 4 nitrogen and oxygen atoms in total. The summed E-state index contributed by atoms with van der Waals surface area (Å²) in [6, 6.07) is 8.71. The normalized spacial score (nSPS) is 18.7. The summed E-state index contributed by atoms with van der Waals surface area (Å²) in [7, 11) is 0. The molecule has 0 saturated carbocycles. The van der Waals surface area contributed by atoms with E-state index in [1.807, 2.05) is 6.07 Å². The molecule has 0 aromatic heterocycles. The van der Waals surface area contributed by atoms with Crippen LogP contribution in [0.2, 0.25) is 5.02 Å². The number of nitrogens with zero attached hydrogens (tertiary/aromatic N) is 2. The van der Waals surface area contributed by atoms with Crippen LogP contribution in [0.3, 0.4) is 0 Å². The molecule has 1 aromatic carbocycles. The first kappa shape index (κ1) is 13.9. The van der Waals surface area contributed by atoms with E-state index < -0.39 is 6.10 Å². The van der Waals surface area contributed by atoms with Gasteiger partial charge in [-0.15, -0.1) is 0 Å². The van der Waals surface area contributed by atoms with Gasteiger partial charge in [-0.25, -0.2) is 0 Å². The smallest absolute Gasteiger partial charge is 0.237 e. The van der Waals surface area contributed by atoms with Crippen LogP contribution in [0.25, 0.3) is 0 Å². The number of nitriles is 1. The Labute approximate surface area is 120 Å². The first-order valence-electron chi connectivity index (χ1n) is 5.58. The summed E-state index contributed by atoms with van der Waals surface area (Å²) < 4.78 is 0. The lowest BCUT2D eigenvalue weighted by Gasteiger charge is -2.20. The van der Waals surface area contributed by atoms with Crippen LogP contribution in [0.5, 0.6) is 0 Å². The van der Waals surface area contributed by atoms with Gasteiger partial charge in [-0.3, -0.25) is 4.79 Å². The maximum absolute atomic E-state index is 11.7. The van der Waals surface area contributed by atoms with E-state index in [2.05, 4.69) is 0 Å². The lowest BCUT2D eigenvalue weighted by molar-refractivity contribution is -0.126. The summed E-state index contributed by atoms with van der Waals surface area (Å²) in [5.74, 6) is 0.209. The van der Waals surface area contributed by atoms with E-state index in [-0.39, 0.29) is 12.5 Å². The van der Waals surface area contributed by atoms with Crippen LogP contribution in [0.4, 0.5) is 0 Å². The molecule has 0 bridgehead atoms. The van der Waals surface area contributed by atoms with E-state index in [9.17, 15) is 9.90 Å². The quantitative estimate of drug-likeness (QED) is 0.869. The van der Waals surface area contributed by atoms with E-state index in [0.717, 1.165) is 0 Å². The predicted molar refractivity (Wildman–Crippen MR) is 74.3 cm³/mol. The summed E-state index contributed by atoms with van der Waals surface area (Å²) in [5.41, 5.74) is 0.686. The highest BCUT2D eigenvalue weighted by molar-refractivity contribution is 8.04. The summed E-state index contributed by atoms with van der Waals surface area (Å²) in [5, 5.41) is 20.0. The number of hydrogen-bond acceptors (Lipinski definition) is 4. The van der Waals surface area contributed by atoms with Gasteiger partial charge in [0.2, 0.25) is 5.91 Å². The highest BCUT2D eigenvalue weighted by Crippen LogP contribution is 2.30. The van der Waals surface area contributed by atoms with Crippen molar-refractivity contribution in [1.82, 2.24) is 4.90 Å². The van der Waals surface area contributed by atoms with Gasteiger partial charge in [0.15, 0.2) is 0 Å². The van der Waals surface area contributed by atoms with E-state index in [1.54, 1.807) is 24.3 Å². The van der Waals surface area contributed by atoms with Crippen molar-refractivity contribution >= 4 is 29.3 Å². The molecule has 1 saturated heterocycles. The third kappa shape index (κ3) is 3.29. The number of halogens is 1. The van der Waals surface area contributed by atoms with Gasteiger partial charge in [0.1, 0.15) is 0 Å². The zero-order chi connectivity index (χ0) is 13.8. The van der Waals surface area contributed by atoms with Gasteiger partial charge in [0.25, 0.3) is 0 Å². The monoisotopic (exact) mass is 294 g/mol. The standard InChI is InChI=1S/C13H11ClN2O2S/c14-10-3-1-9(2-4-10)11(17)7-16-12(18)8-19-13(16)5-6-15/h1-5,11,17H,7-8H2/b13-5+/t11-/m0/s1. The van der Waals surface area contributed by atoms with Gasteiger partial charge in [-0.1, -0.05) is 35.5 Å². The maximum Gasteiger partial charge on any atom is 0.237 e. The fourth-order valence-electron chi connectivity index (χ4n) is 1.74. The Balaban J connectivity index is 2.11. The highest BCUT2D eigenvalue weighted by Gasteiger charge is 2.28. The number of thioether (sulfide) groups is 1. The molecule has 1 aliphatic heterocycles. The maximum atomic E-state index is 11.7. The zero-order valence-electron chi connectivity index (χ0n) is 9.91. The molecule has 98 valence electrons. The molecule has 1 fully saturated rings. The van der Waals surface area contributed by atoms with Crippen molar-refractivity contribution in [2.75, 3.05) is 12.3 Å². The van der Waals surface area contributed by atoms with E-state index in [4.69, 9.17) is 16.9 Å². The van der Waals surface area contributed by atoms with Gasteiger partial charge in [-0.05, 0) is 17.7 Å². The van der Waals surface area contributed by atoms with Crippen molar-refractivity contribution in [2.24, 2.45) is 0 Å². The van der Waals surface area contributed by atoms with Crippen LogP contribution in [0.15, 0.2) is 35.4 Å². The Bertz CT molecular complexity index is 551. The van der Waals surface area contributed by atoms with Crippen molar-refractivity contribution in [3.8, 4) is 6.07 Å². The molecule has 19 heavy (non-hydrogen) atoms. The largest absolute Gasteiger partial charge is 0.387 e. The third-order valence-corrected chi connectivity index (χ3v) is 3.99. The van der Waals surface area contributed by atoms with Crippen LogP contribution in [0.1, 0.15) is 11.7 Å². The van der Waals surface area contributed by atoms with Crippen molar-refractivity contribution in [1.29, 1.82) is 5.26 Å². The van der Waals surface area contributed by atoms with E-state index >= 15 is 0 Å². The highest BCUT2D eigenvalue weighted by atomic mass is 35.5. The van der Waals surface area contributed by atoms with Gasteiger partial charge in [-0.2, -0.15) is 5.26 Å². The number of hydrogen-bond donors (Lipinski definition) is 1. The molecule has 0 aliphatic carbocycles. The molecule has 0 spiro atoms. The number of carbonyl (C=O) groups is 1. The second kappa shape index (κ2) is 6.11. The van der Waals surface area contributed by atoms with Crippen LogP contribution in [-0.2, 0) is 4.79 Å². The molecule has 1 atom stereocenters. The van der Waals surface area contributed by atoms with Gasteiger partial charge >= 0.3 is 0 Å². The van der Waals surface area contributed by atoms with Gasteiger partial charge in [0, 0.05) is 11.1 Å². The molecular formula is C13H11ClN2O2S. The SMILES string of the molecule is N#C/C=C1/SCC(=O)N1C[C@H](O)c1ccc(Cl)cc1. The predicted octanol–water partition coefficient (Wildman–Crippen LogP) is 2.31. The number of amides is 1. The topological polar surface area (TPSA) is 64.3 Å². The Morgan fingerprint density at radius 3 is 2.84 bits per heavy atom. The Hall–Kier alpha value is -1.48. The lowest BCUT2D eigenvalue weighted by atomic mass is 10.1. The molecule has 1 heterocycles. The summed E-state index contributed by atoms with van der Waals surface area (Å²) >= 11 is 7.09. The van der Waals surface area contributed by atoms with Crippen LogP contribution < -0.4 is 0 Å². The average molecular weight is 295 g/mol. The number of rotatable bonds is 3. The van der Waals surface area contributed by atoms with Crippen molar-refractivity contribution < 1.29 is 9.90 Å². The number of aliphatic hydroxyl groups is 1. The van der Waals surface area contributed by atoms with Crippen LogP contribution >= 0.6 is 23.4 Å². The van der Waals surface area contributed by atoms with E-state index in [1.165, 1.54) is 22.7 Å². The minimum absolute atomic E-state index is 0.0977. The Morgan fingerprint density at radius 1 is 1.53 bits per heavy atom. The first-order chi connectivity index (χ1) is 9.11. The number of aliphatic hydroxyl groups excluding tert-OH is 1. The van der Waals surface area contributed by atoms with E-state index in [0.29, 0.717) is 21.4 Å². The summed E-state index contributed by atoms with van der Waals surface area (Å²) in [6.45, 7) is 0.140. The number of allylic oxidation sites excluding steroid dienone is 1. The van der Waals surface area contributed by atoms with Crippen LogP contribution in [-0.4, -0.2) is 28.2 Å². The zero-order valence-corrected chi connectivity index (χ0v) is 11.5. The Kier molecular flexibility index (Phi) is 4.48. The van der Waals surface area contributed by atoms with Crippen molar-refractivity contribution in [3.05, 3.63) is 46.0 Å². The molecule has 1 N–H and O–H groups in total. The second-order valence-corrected chi connectivity index (χ2v) is 5.40.